The van der Waals surface area contributed by atoms with Gasteiger partial charge in [-0.3, -0.25) is 14.9 Å². The quantitative estimate of drug-likeness (QED) is 0.395. The minimum Gasteiger partial charge on any atom is -0.449 e. The Balaban J connectivity index is 1.51. The van der Waals surface area contributed by atoms with Gasteiger partial charge in [0.2, 0.25) is 11.8 Å². The predicted molar refractivity (Wildman–Crippen MR) is 148 cm³/mol. The minimum atomic E-state index is -0.850. The van der Waals surface area contributed by atoms with Crippen LogP contribution < -0.4 is 16.8 Å². The van der Waals surface area contributed by atoms with E-state index in [4.69, 9.17) is 27.8 Å². The molecule has 3 amide bonds. The molecule has 198 valence electrons. The topological polar surface area (TPSA) is 128 Å². The SMILES string of the molecule is NCC(=O)N1CCC(COC(=O)Nc2ccc(-c3ccccc3)cc2)(C(C(N)=O)c2ccccc2Cl)CC1. The van der Waals surface area contributed by atoms with Crippen LogP contribution in [-0.4, -0.2) is 49.0 Å². The van der Waals surface area contributed by atoms with Gasteiger partial charge in [-0.25, -0.2) is 4.79 Å². The van der Waals surface area contributed by atoms with Crippen molar-refractivity contribution in [3.8, 4) is 11.1 Å². The summed E-state index contributed by atoms with van der Waals surface area (Å²) in [6.45, 7) is 0.537. The molecule has 0 saturated carbocycles. The Labute approximate surface area is 226 Å². The van der Waals surface area contributed by atoms with E-state index in [-0.39, 0.29) is 19.1 Å². The van der Waals surface area contributed by atoms with Crippen LogP contribution >= 0.6 is 11.6 Å². The Morgan fingerprint density at radius 1 is 0.921 bits per heavy atom. The number of nitrogens with one attached hydrogen (secondary N) is 1. The number of piperidine rings is 1. The predicted octanol–water partition coefficient (Wildman–Crippen LogP) is 4.39. The second-order valence-corrected chi connectivity index (χ2v) is 9.86. The zero-order chi connectivity index (χ0) is 27.1. The molecule has 5 N–H and O–H groups in total. The van der Waals surface area contributed by atoms with Crippen LogP contribution in [-0.2, 0) is 14.3 Å². The molecule has 4 rings (SSSR count). The number of hydrogen-bond donors (Lipinski definition) is 3. The van der Waals surface area contributed by atoms with Crippen LogP contribution in [0.15, 0.2) is 78.9 Å². The molecule has 9 heteroatoms. The number of ether oxygens (including phenoxy) is 1. The molecular formula is C29H31ClN4O4. The maximum Gasteiger partial charge on any atom is 0.411 e. The summed E-state index contributed by atoms with van der Waals surface area (Å²) in [4.78, 5) is 39.5. The third-order valence-electron chi connectivity index (χ3n) is 7.13. The summed E-state index contributed by atoms with van der Waals surface area (Å²) in [6, 6.07) is 24.3. The highest BCUT2D eigenvalue weighted by Gasteiger charge is 2.47. The summed E-state index contributed by atoms with van der Waals surface area (Å²) in [5, 5.41) is 3.15. The highest BCUT2D eigenvalue weighted by atomic mass is 35.5. The van der Waals surface area contributed by atoms with Crippen LogP contribution in [0.3, 0.4) is 0 Å². The van der Waals surface area contributed by atoms with Crippen molar-refractivity contribution >= 4 is 35.2 Å². The summed E-state index contributed by atoms with van der Waals surface area (Å²) in [6.07, 6.45) is 0.118. The lowest BCUT2D eigenvalue weighted by Crippen LogP contribution is -2.51. The monoisotopic (exact) mass is 534 g/mol. The van der Waals surface area contributed by atoms with Crippen LogP contribution in [0.4, 0.5) is 10.5 Å². The van der Waals surface area contributed by atoms with E-state index in [0.717, 1.165) is 11.1 Å². The van der Waals surface area contributed by atoms with E-state index in [1.165, 1.54) is 0 Å². The average Bonchev–Trinajstić information content (AvgIpc) is 2.94. The summed E-state index contributed by atoms with van der Waals surface area (Å²) < 4.78 is 5.69. The number of anilines is 1. The van der Waals surface area contributed by atoms with Crippen LogP contribution in [0.5, 0.6) is 0 Å². The first kappa shape index (κ1) is 27.2. The second kappa shape index (κ2) is 12.1. The molecule has 1 fully saturated rings. The van der Waals surface area contributed by atoms with Crippen LogP contribution in [0.25, 0.3) is 11.1 Å². The van der Waals surface area contributed by atoms with Gasteiger partial charge in [0.25, 0.3) is 0 Å². The van der Waals surface area contributed by atoms with Gasteiger partial charge in [-0.1, -0.05) is 72.3 Å². The number of rotatable bonds is 8. The molecule has 0 aliphatic carbocycles. The first-order valence-corrected chi connectivity index (χ1v) is 12.8. The van der Waals surface area contributed by atoms with Gasteiger partial charge in [0.15, 0.2) is 0 Å². The van der Waals surface area contributed by atoms with Crippen molar-refractivity contribution in [2.24, 2.45) is 16.9 Å². The highest BCUT2D eigenvalue weighted by molar-refractivity contribution is 6.31. The lowest BCUT2D eigenvalue weighted by molar-refractivity contribution is -0.134. The summed E-state index contributed by atoms with van der Waals surface area (Å²) in [5.74, 6) is -1.56. The third-order valence-corrected chi connectivity index (χ3v) is 7.47. The van der Waals surface area contributed by atoms with Crippen LogP contribution in [0.1, 0.15) is 24.3 Å². The van der Waals surface area contributed by atoms with Crippen LogP contribution in [0, 0.1) is 5.41 Å². The van der Waals surface area contributed by atoms with Gasteiger partial charge in [0, 0.05) is 29.2 Å². The van der Waals surface area contributed by atoms with E-state index >= 15 is 0 Å². The molecular weight excluding hydrogens is 504 g/mol. The van der Waals surface area contributed by atoms with Gasteiger partial charge < -0.3 is 21.1 Å². The number of nitrogens with zero attached hydrogens (tertiary/aromatic N) is 1. The van der Waals surface area contributed by atoms with Crippen LogP contribution in [0.2, 0.25) is 5.02 Å². The van der Waals surface area contributed by atoms with Gasteiger partial charge in [0.05, 0.1) is 12.5 Å². The molecule has 8 nitrogen and oxygen atoms in total. The van der Waals surface area contributed by atoms with Gasteiger partial charge in [0.1, 0.15) is 6.61 Å². The normalized spacial score (nSPS) is 15.4. The number of amides is 3. The Hall–Kier alpha value is -3.88. The lowest BCUT2D eigenvalue weighted by atomic mass is 9.66. The number of hydrogen-bond acceptors (Lipinski definition) is 5. The second-order valence-electron chi connectivity index (χ2n) is 9.45. The molecule has 0 aromatic heterocycles. The van der Waals surface area contributed by atoms with E-state index in [9.17, 15) is 14.4 Å². The van der Waals surface area contributed by atoms with Crippen molar-refractivity contribution in [3.05, 3.63) is 89.4 Å². The number of nitrogens with two attached hydrogens (primary N) is 2. The molecule has 1 aliphatic rings. The highest BCUT2D eigenvalue weighted by Crippen LogP contribution is 2.46. The van der Waals surface area contributed by atoms with Crippen molar-refractivity contribution in [2.75, 3.05) is 31.6 Å². The van der Waals surface area contributed by atoms with E-state index in [1.807, 2.05) is 42.5 Å². The zero-order valence-electron chi connectivity index (χ0n) is 20.9. The van der Waals surface area contributed by atoms with Crippen molar-refractivity contribution < 1.29 is 19.1 Å². The van der Waals surface area contributed by atoms with E-state index in [0.29, 0.717) is 42.2 Å². The Morgan fingerprint density at radius 2 is 1.53 bits per heavy atom. The van der Waals surface area contributed by atoms with Gasteiger partial charge >= 0.3 is 6.09 Å². The maximum atomic E-state index is 12.8. The van der Waals surface area contributed by atoms with Crippen molar-refractivity contribution in [3.63, 3.8) is 0 Å². The molecule has 0 bridgehead atoms. The summed E-state index contributed by atoms with van der Waals surface area (Å²) >= 11 is 6.46. The zero-order valence-corrected chi connectivity index (χ0v) is 21.7. The van der Waals surface area contributed by atoms with E-state index in [1.54, 1.807) is 41.3 Å². The molecule has 0 spiro atoms. The molecule has 3 aromatic carbocycles. The molecule has 1 saturated heterocycles. The molecule has 1 aliphatic heterocycles. The number of halogens is 1. The standard InChI is InChI=1S/C29H31ClN4O4/c30-24-9-5-4-8-23(24)26(27(32)36)29(14-16-34(17-15-29)25(35)18-31)19-38-28(37)33-22-12-10-21(11-13-22)20-6-2-1-3-7-20/h1-13,26H,14-19,31H2,(H2,32,36)(H,33,37). The number of carbonyl (C=O) groups excluding carboxylic acids is 3. The lowest BCUT2D eigenvalue weighted by Gasteiger charge is -2.45. The fourth-order valence-corrected chi connectivity index (χ4v) is 5.33. The summed E-state index contributed by atoms with van der Waals surface area (Å²) in [5.41, 5.74) is 13.8. The third kappa shape index (κ3) is 6.15. The summed E-state index contributed by atoms with van der Waals surface area (Å²) in [7, 11) is 0. The molecule has 38 heavy (non-hydrogen) atoms. The number of carbonyl (C=O) groups is 3. The van der Waals surface area contributed by atoms with Gasteiger partial charge in [-0.05, 0) is 47.7 Å². The first-order chi connectivity index (χ1) is 18.3. The van der Waals surface area contributed by atoms with E-state index in [2.05, 4.69) is 5.32 Å². The van der Waals surface area contributed by atoms with Crippen molar-refractivity contribution in [2.45, 2.75) is 18.8 Å². The largest absolute Gasteiger partial charge is 0.449 e. The molecule has 1 heterocycles. The fourth-order valence-electron chi connectivity index (χ4n) is 5.08. The van der Waals surface area contributed by atoms with Crippen molar-refractivity contribution in [1.29, 1.82) is 0 Å². The fraction of sp³-hybridized carbons (Fsp3) is 0.276. The minimum absolute atomic E-state index is 0.0790. The number of primary amides is 1. The molecule has 1 unspecified atom stereocenters. The Morgan fingerprint density at radius 3 is 2.13 bits per heavy atom. The molecule has 0 radical (unpaired) electrons. The smallest absolute Gasteiger partial charge is 0.411 e. The number of likely N-dealkylation sites (tertiary alicyclic amines) is 1. The Bertz CT molecular complexity index is 1280. The number of benzene rings is 3. The molecule has 3 aromatic rings. The average molecular weight is 535 g/mol. The van der Waals surface area contributed by atoms with Crippen molar-refractivity contribution in [1.82, 2.24) is 4.90 Å². The first-order valence-electron chi connectivity index (χ1n) is 12.4. The maximum absolute atomic E-state index is 12.8. The van der Waals surface area contributed by atoms with Gasteiger partial charge in [-0.2, -0.15) is 0 Å². The Kier molecular flexibility index (Phi) is 8.66. The van der Waals surface area contributed by atoms with E-state index < -0.39 is 23.3 Å². The molecule has 1 atom stereocenters. The van der Waals surface area contributed by atoms with Gasteiger partial charge in [-0.15, -0.1) is 0 Å².